The zero-order chi connectivity index (χ0) is 14.7. The molecule has 0 radical (unpaired) electrons. The predicted molar refractivity (Wildman–Crippen MR) is 80.3 cm³/mol. The molecule has 0 spiro atoms. The van der Waals surface area contributed by atoms with Gasteiger partial charge in [0.1, 0.15) is 11.9 Å². The highest BCUT2D eigenvalue weighted by Crippen LogP contribution is 2.24. The lowest BCUT2D eigenvalue weighted by molar-refractivity contribution is -0.121. The summed E-state index contributed by atoms with van der Waals surface area (Å²) in [5.74, 6) is -0.439. The fourth-order valence-electron chi connectivity index (χ4n) is 2.39. The van der Waals surface area contributed by atoms with Gasteiger partial charge in [-0.3, -0.25) is 15.6 Å². The summed E-state index contributed by atoms with van der Waals surface area (Å²) in [5, 5.41) is 3.23. The van der Waals surface area contributed by atoms with Crippen molar-refractivity contribution in [2.24, 2.45) is 0 Å². The fraction of sp³-hybridized carbons (Fsp3) is 0.188. The molecule has 1 atom stereocenters. The number of rotatable bonds is 3. The number of aryl methyl sites for hydroxylation is 1. The Kier molecular flexibility index (Phi) is 3.73. The minimum Gasteiger partial charge on any atom is -0.373 e. The Hall–Kier alpha value is -2.56. The van der Waals surface area contributed by atoms with E-state index in [0.29, 0.717) is 5.69 Å². The monoisotopic (exact) mass is 285 g/mol. The molecule has 5 heteroatoms. The zero-order valence-electron chi connectivity index (χ0n) is 11.4. The average Bonchev–Trinajstić information content (AvgIpc) is 2.53. The van der Waals surface area contributed by atoms with Crippen molar-refractivity contribution in [2.75, 3.05) is 10.7 Å². The first kappa shape index (κ1) is 13.4. The van der Waals surface area contributed by atoms with Crippen LogP contribution in [0, 0.1) is 5.82 Å². The third-order valence-electron chi connectivity index (χ3n) is 3.54. The number of anilines is 2. The Morgan fingerprint density at radius 1 is 1.14 bits per heavy atom. The standard InChI is InChI=1S/C16H16FN3O/c17-12-6-8-13(9-7-12)19-20-16(21)15-10-5-11-3-1-2-4-14(11)18-15/h1-4,6-9,15,18-19H,5,10H2,(H,20,21). The molecule has 108 valence electrons. The van der Waals surface area contributed by atoms with E-state index in [1.54, 1.807) is 12.1 Å². The van der Waals surface area contributed by atoms with E-state index >= 15 is 0 Å². The van der Waals surface area contributed by atoms with Gasteiger partial charge in [-0.05, 0) is 48.7 Å². The number of amides is 1. The van der Waals surface area contributed by atoms with Crippen molar-refractivity contribution in [3.63, 3.8) is 0 Å². The second-order valence-corrected chi connectivity index (χ2v) is 5.01. The first-order valence-electron chi connectivity index (χ1n) is 6.88. The highest BCUT2D eigenvalue weighted by molar-refractivity contribution is 5.86. The number of para-hydroxylation sites is 1. The van der Waals surface area contributed by atoms with E-state index in [-0.39, 0.29) is 17.8 Å². The summed E-state index contributed by atoms with van der Waals surface area (Å²) in [6, 6.07) is 13.5. The van der Waals surface area contributed by atoms with Gasteiger partial charge in [0.05, 0.1) is 5.69 Å². The number of benzene rings is 2. The molecule has 4 nitrogen and oxygen atoms in total. The van der Waals surface area contributed by atoms with E-state index in [0.717, 1.165) is 18.5 Å². The minimum atomic E-state index is -0.308. The lowest BCUT2D eigenvalue weighted by Gasteiger charge is -2.26. The number of nitrogens with one attached hydrogen (secondary N) is 3. The van der Waals surface area contributed by atoms with E-state index in [4.69, 9.17) is 0 Å². The molecule has 0 saturated heterocycles. The van der Waals surface area contributed by atoms with Gasteiger partial charge in [-0.2, -0.15) is 0 Å². The fourth-order valence-corrected chi connectivity index (χ4v) is 2.39. The predicted octanol–water partition coefficient (Wildman–Crippen LogP) is 2.70. The Morgan fingerprint density at radius 3 is 2.71 bits per heavy atom. The van der Waals surface area contributed by atoms with Crippen molar-refractivity contribution in [1.82, 2.24) is 5.43 Å². The number of carbonyl (C=O) groups is 1. The van der Waals surface area contributed by atoms with Crippen molar-refractivity contribution >= 4 is 17.3 Å². The maximum absolute atomic E-state index is 12.8. The third-order valence-corrected chi connectivity index (χ3v) is 3.54. The third kappa shape index (κ3) is 3.13. The molecule has 2 aromatic carbocycles. The van der Waals surface area contributed by atoms with Gasteiger partial charge in [-0.15, -0.1) is 0 Å². The molecule has 0 saturated carbocycles. The van der Waals surface area contributed by atoms with E-state index < -0.39 is 0 Å². The largest absolute Gasteiger partial charge is 0.373 e. The van der Waals surface area contributed by atoms with Crippen molar-refractivity contribution in [3.8, 4) is 0 Å². The molecular weight excluding hydrogens is 269 g/mol. The van der Waals surface area contributed by atoms with Crippen molar-refractivity contribution in [3.05, 3.63) is 59.9 Å². The SMILES string of the molecule is O=C(NNc1ccc(F)cc1)C1CCc2ccccc2N1. The highest BCUT2D eigenvalue weighted by atomic mass is 19.1. The highest BCUT2D eigenvalue weighted by Gasteiger charge is 2.23. The molecule has 1 amide bonds. The number of hydrogen-bond donors (Lipinski definition) is 3. The maximum atomic E-state index is 12.8. The van der Waals surface area contributed by atoms with E-state index in [1.165, 1.54) is 17.7 Å². The molecule has 3 N–H and O–H groups in total. The van der Waals surface area contributed by atoms with E-state index in [2.05, 4.69) is 22.2 Å². The minimum absolute atomic E-state index is 0.131. The summed E-state index contributed by atoms with van der Waals surface area (Å²) in [7, 11) is 0. The number of hydrazine groups is 1. The molecular formula is C16H16FN3O. The number of hydrogen-bond acceptors (Lipinski definition) is 3. The molecule has 2 aromatic rings. The molecule has 0 bridgehead atoms. The lowest BCUT2D eigenvalue weighted by Crippen LogP contribution is -2.44. The molecule has 0 aromatic heterocycles. The first-order chi connectivity index (χ1) is 10.2. The second-order valence-electron chi connectivity index (χ2n) is 5.01. The molecule has 1 heterocycles. The van der Waals surface area contributed by atoms with Crippen LogP contribution < -0.4 is 16.2 Å². The van der Waals surface area contributed by atoms with Gasteiger partial charge in [0.2, 0.25) is 0 Å². The van der Waals surface area contributed by atoms with Crippen LogP contribution in [0.3, 0.4) is 0 Å². The zero-order valence-corrected chi connectivity index (χ0v) is 11.4. The Bertz CT molecular complexity index is 642. The van der Waals surface area contributed by atoms with E-state index in [1.807, 2.05) is 18.2 Å². The molecule has 21 heavy (non-hydrogen) atoms. The van der Waals surface area contributed by atoms with Gasteiger partial charge in [-0.1, -0.05) is 18.2 Å². The molecule has 1 aliphatic heterocycles. The van der Waals surface area contributed by atoms with E-state index in [9.17, 15) is 9.18 Å². The van der Waals surface area contributed by atoms with Crippen LogP contribution in [-0.2, 0) is 11.2 Å². The van der Waals surface area contributed by atoms with Gasteiger partial charge in [0, 0.05) is 5.69 Å². The van der Waals surface area contributed by atoms with Crippen LogP contribution in [0.25, 0.3) is 0 Å². The van der Waals surface area contributed by atoms with Gasteiger partial charge in [-0.25, -0.2) is 4.39 Å². The normalized spacial score (nSPS) is 16.5. The molecule has 0 fully saturated rings. The van der Waals surface area contributed by atoms with Crippen LogP contribution in [0.15, 0.2) is 48.5 Å². The Labute approximate surface area is 122 Å². The van der Waals surface area contributed by atoms with Gasteiger partial charge in [0.25, 0.3) is 5.91 Å². The number of halogens is 1. The molecule has 3 rings (SSSR count). The summed E-state index contributed by atoms with van der Waals surface area (Å²) in [4.78, 5) is 12.1. The number of fused-ring (bicyclic) bond motifs is 1. The van der Waals surface area contributed by atoms with Gasteiger partial charge < -0.3 is 5.32 Å². The molecule has 1 unspecified atom stereocenters. The number of carbonyl (C=O) groups excluding carboxylic acids is 1. The Balaban J connectivity index is 1.58. The first-order valence-corrected chi connectivity index (χ1v) is 6.88. The summed E-state index contributed by atoms with van der Waals surface area (Å²) in [6.07, 6.45) is 1.62. The van der Waals surface area contributed by atoms with Gasteiger partial charge >= 0.3 is 0 Å². The molecule has 0 aliphatic carbocycles. The van der Waals surface area contributed by atoms with Crippen LogP contribution >= 0.6 is 0 Å². The average molecular weight is 285 g/mol. The maximum Gasteiger partial charge on any atom is 0.260 e. The lowest BCUT2D eigenvalue weighted by atomic mass is 9.98. The van der Waals surface area contributed by atoms with Crippen molar-refractivity contribution < 1.29 is 9.18 Å². The van der Waals surface area contributed by atoms with Gasteiger partial charge in [0.15, 0.2) is 0 Å². The Morgan fingerprint density at radius 2 is 1.90 bits per heavy atom. The van der Waals surface area contributed by atoms with Crippen LogP contribution in [-0.4, -0.2) is 11.9 Å². The summed E-state index contributed by atoms with van der Waals surface area (Å²) >= 11 is 0. The van der Waals surface area contributed by atoms with Crippen LogP contribution in [0.1, 0.15) is 12.0 Å². The van der Waals surface area contributed by atoms with Crippen LogP contribution in [0.5, 0.6) is 0 Å². The topological polar surface area (TPSA) is 53.2 Å². The quantitative estimate of drug-likeness (QED) is 0.760. The van der Waals surface area contributed by atoms with Crippen molar-refractivity contribution in [2.45, 2.75) is 18.9 Å². The second kappa shape index (κ2) is 5.83. The summed E-state index contributed by atoms with van der Waals surface area (Å²) in [5.41, 5.74) is 8.31. The summed E-state index contributed by atoms with van der Waals surface area (Å²) < 4.78 is 12.8. The smallest absolute Gasteiger partial charge is 0.260 e. The van der Waals surface area contributed by atoms with Crippen LogP contribution in [0.2, 0.25) is 0 Å². The molecule has 1 aliphatic rings. The summed E-state index contributed by atoms with van der Waals surface area (Å²) in [6.45, 7) is 0. The van der Waals surface area contributed by atoms with Crippen LogP contribution in [0.4, 0.5) is 15.8 Å². The van der Waals surface area contributed by atoms with Crippen molar-refractivity contribution in [1.29, 1.82) is 0 Å².